The van der Waals surface area contributed by atoms with E-state index in [1.165, 1.54) is 25.2 Å². The first-order valence-corrected chi connectivity index (χ1v) is 6.23. The molecule has 0 radical (unpaired) electrons. The molecule has 0 aliphatic heterocycles. The van der Waals surface area contributed by atoms with Crippen LogP contribution >= 0.6 is 0 Å². The molecule has 4 N–H and O–H groups in total. The second-order valence-electron chi connectivity index (χ2n) is 5.18. The third-order valence-electron chi connectivity index (χ3n) is 3.02. The molecule has 0 bridgehead atoms. The van der Waals surface area contributed by atoms with Gasteiger partial charge in [-0.2, -0.15) is 0 Å². The number of carbonyl (C=O) groups excluding carboxylic acids is 2. The third kappa shape index (κ3) is 3.91. The molecule has 0 heterocycles. The molecule has 114 valence electrons. The van der Waals surface area contributed by atoms with Crippen molar-refractivity contribution in [1.29, 1.82) is 0 Å². The Balaban J connectivity index is 2.79. The lowest BCUT2D eigenvalue weighted by atomic mass is 9.92. The Morgan fingerprint density at radius 3 is 2.48 bits per heavy atom. The molecule has 0 atom stereocenters. The number of hydrogen-bond donors (Lipinski definition) is 3. The molecule has 2 amide bonds. The molecule has 1 aromatic rings. The molecule has 8 nitrogen and oxygen atoms in total. The maximum Gasteiger partial charge on any atom is 0.292 e. The molecular weight excluding hydrogens is 276 g/mol. The van der Waals surface area contributed by atoms with Crippen molar-refractivity contribution in [2.24, 2.45) is 5.41 Å². The second kappa shape index (κ2) is 6.21. The molecule has 0 unspecified atom stereocenters. The first kappa shape index (κ1) is 16.4. The van der Waals surface area contributed by atoms with E-state index in [9.17, 15) is 19.7 Å². The number of nitrogens with one attached hydrogen (secondary N) is 2. The summed E-state index contributed by atoms with van der Waals surface area (Å²) < 4.78 is 0. The topological polar surface area (TPSA) is 127 Å². The van der Waals surface area contributed by atoms with Crippen molar-refractivity contribution in [1.82, 2.24) is 10.6 Å². The summed E-state index contributed by atoms with van der Waals surface area (Å²) in [7, 11) is 1.52. The summed E-state index contributed by atoms with van der Waals surface area (Å²) in [5.41, 5.74) is 4.62. The Hall–Kier alpha value is -2.64. The summed E-state index contributed by atoms with van der Waals surface area (Å²) in [5.74, 6) is -0.653. The minimum atomic E-state index is -0.767. The van der Waals surface area contributed by atoms with Gasteiger partial charge in [-0.1, -0.05) is 0 Å². The number of nitrogen functional groups attached to an aromatic ring is 1. The molecule has 0 saturated carbocycles. The Kier molecular flexibility index (Phi) is 4.85. The molecule has 0 saturated heterocycles. The van der Waals surface area contributed by atoms with E-state index < -0.39 is 16.2 Å². The standard InChI is InChI=1S/C13H18N4O4/c1-13(2,12(19)15-3)7-16-11(18)8-4-5-10(17(20)21)9(14)6-8/h4-6H,7,14H2,1-3H3,(H,15,19)(H,16,18). The number of nitrogens with two attached hydrogens (primary N) is 1. The van der Waals surface area contributed by atoms with E-state index in [0.29, 0.717) is 0 Å². The van der Waals surface area contributed by atoms with Gasteiger partial charge in [0.15, 0.2) is 0 Å². The van der Waals surface area contributed by atoms with Gasteiger partial charge < -0.3 is 16.4 Å². The zero-order valence-corrected chi connectivity index (χ0v) is 12.1. The van der Waals surface area contributed by atoms with Crippen LogP contribution in [0, 0.1) is 15.5 Å². The van der Waals surface area contributed by atoms with E-state index in [-0.39, 0.29) is 29.4 Å². The summed E-state index contributed by atoms with van der Waals surface area (Å²) in [6.07, 6.45) is 0. The van der Waals surface area contributed by atoms with Gasteiger partial charge in [-0.3, -0.25) is 19.7 Å². The summed E-state index contributed by atoms with van der Waals surface area (Å²) in [6.45, 7) is 3.51. The average molecular weight is 294 g/mol. The molecular formula is C13H18N4O4. The number of rotatable bonds is 5. The molecule has 0 aliphatic rings. The highest BCUT2D eigenvalue weighted by molar-refractivity contribution is 5.96. The maximum atomic E-state index is 12.0. The van der Waals surface area contributed by atoms with Crippen molar-refractivity contribution in [2.45, 2.75) is 13.8 Å². The van der Waals surface area contributed by atoms with E-state index in [1.807, 2.05) is 0 Å². The van der Waals surface area contributed by atoms with Gasteiger partial charge in [0.1, 0.15) is 5.69 Å². The fourth-order valence-electron chi connectivity index (χ4n) is 1.68. The third-order valence-corrected chi connectivity index (χ3v) is 3.02. The van der Waals surface area contributed by atoms with Crippen molar-refractivity contribution in [3.8, 4) is 0 Å². The van der Waals surface area contributed by atoms with Gasteiger partial charge in [-0.25, -0.2) is 0 Å². The summed E-state index contributed by atoms with van der Waals surface area (Å²) in [6, 6.07) is 3.73. The molecule has 8 heteroatoms. The van der Waals surface area contributed by atoms with Crippen LogP contribution in [-0.4, -0.2) is 30.3 Å². The van der Waals surface area contributed by atoms with Crippen LogP contribution in [0.3, 0.4) is 0 Å². The highest BCUT2D eigenvalue weighted by Crippen LogP contribution is 2.22. The monoisotopic (exact) mass is 294 g/mol. The van der Waals surface area contributed by atoms with Crippen molar-refractivity contribution in [2.75, 3.05) is 19.3 Å². The fourth-order valence-corrected chi connectivity index (χ4v) is 1.68. The first-order valence-electron chi connectivity index (χ1n) is 6.23. The second-order valence-corrected chi connectivity index (χ2v) is 5.18. The molecule has 0 spiro atoms. The summed E-state index contributed by atoms with van der Waals surface area (Å²) in [5, 5.41) is 15.8. The smallest absolute Gasteiger partial charge is 0.292 e. The van der Waals surface area contributed by atoms with E-state index in [0.717, 1.165) is 0 Å². The molecule has 1 aromatic carbocycles. The highest BCUT2D eigenvalue weighted by Gasteiger charge is 2.27. The maximum absolute atomic E-state index is 12.0. The van der Waals surface area contributed by atoms with E-state index in [1.54, 1.807) is 13.8 Å². The van der Waals surface area contributed by atoms with E-state index in [2.05, 4.69) is 10.6 Å². The Morgan fingerprint density at radius 1 is 1.38 bits per heavy atom. The molecule has 0 fully saturated rings. The van der Waals surface area contributed by atoms with Crippen LogP contribution in [0.1, 0.15) is 24.2 Å². The molecule has 0 aromatic heterocycles. The predicted octanol–water partition coefficient (Wildman–Crippen LogP) is 0.679. The van der Waals surface area contributed by atoms with Crippen LogP contribution in [-0.2, 0) is 4.79 Å². The Labute approximate surface area is 121 Å². The van der Waals surface area contributed by atoms with Crippen LogP contribution in [0.15, 0.2) is 18.2 Å². The SMILES string of the molecule is CNC(=O)C(C)(C)CNC(=O)c1ccc([N+](=O)[O-])c(N)c1. The summed E-state index contributed by atoms with van der Waals surface area (Å²) in [4.78, 5) is 33.6. The number of nitrogens with zero attached hydrogens (tertiary/aromatic N) is 1. The van der Waals surface area contributed by atoms with Crippen LogP contribution in [0.2, 0.25) is 0 Å². The van der Waals surface area contributed by atoms with Crippen molar-refractivity contribution in [3.05, 3.63) is 33.9 Å². The fraction of sp³-hybridized carbons (Fsp3) is 0.385. The van der Waals surface area contributed by atoms with Crippen LogP contribution in [0.5, 0.6) is 0 Å². The van der Waals surface area contributed by atoms with Gasteiger partial charge in [-0.05, 0) is 26.0 Å². The zero-order chi connectivity index (χ0) is 16.2. The number of benzene rings is 1. The lowest BCUT2D eigenvalue weighted by Crippen LogP contribution is -2.43. The molecule has 1 rings (SSSR count). The minimum Gasteiger partial charge on any atom is -0.393 e. The largest absolute Gasteiger partial charge is 0.393 e. The number of nitro groups is 1. The Bertz CT molecular complexity index is 584. The van der Waals surface area contributed by atoms with Gasteiger partial charge in [0.2, 0.25) is 5.91 Å². The molecule has 21 heavy (non-hydrogen) atoms. The minimum absolute atomic E-state index is 0.0850. The normalized spacial score (nSPS) is 10.8. The van der Waals surface area contributed by atoms with Crippen LogP contribution < -0.4 is 16.4 Å². The van der Waals surface area contributed by atoms with Crippen molar-refractivity contribution in [3.63, 3.8) is 0 Å². The molecule has 0 aliphatic carbocycles. The number of carbonyl (C=O) groups is 2. The average Bonchev–Trinajstić information content (AvgIpc) is 2.43. The Morgan fingerprint density at radius 2 is 2.00 bits per heavy atom. The predicted molar refractivity (Wildman–Crippen MR) is 77.7 cm³/mol. The van der Waals surface area contributed by atoms with Crippen molar-refractivity contribution >= 4 is 23.2 Å². The number of hydrogen-bond acceptors (Lipinski definition) is 5. The van der Waals surface area contributed by atoms with E-state index in [4.69, 9.17) is 5.73 Å². The first-order chi connectivity index (χ1) is 9.69. The lowest BCUT2D eigenvalue weighted by molar-refractivity contribution is -0.383. The van der Waals surface area contributed by atoms with Gasteiger partial charge in [0.25, 0.3) is 11.6 Å². The summed E-state index contributed by atoms with van der Waals surface area (Å²) >= 11 is 0. The quantitative estimate of drug-likeness (QED) is 0.418. The lowest BCUT2D eigenvalue weighted by Gasteiger charge is -2.22. The number of anilines is 1. The van der Waals surface area contributed by atoms with Gasteiger partial charge in [0.05, 0.1) is 10.3 Å². The zero-order valence-electron chi connectivity index (χ0n) is 12.1. The van der Waals surface area contributed by atoms with Crippen LogP contribution in [0.25, 0.3) is 0 Å². The van der Waals surface area contributed by atoms with Gasteiger partial charge >= 0.3 is 0 Å². The number of nitro benzene ring substituents is 1. The highest BCUT2D eigenvalue weighted by atomic mass is 16.6. The van der Waals surface area contributed by atoms with Gasteiger partial charge in [-0.15, -0.1) is 0 Å². The van der Waals surface area contributed by atoms with Crippen LogP contribution in [0.4, 0.5) is 11.4 Å². The van der Waals surface area contributed by atoms with E-state index >= 15 is 0 Å². The van der Waals surface area contributed by atoms with Gasteiger partial charge in [0, 0.05) is 25.2 Å². The van der Waals surface area contributed by atoms with Crippen molar-refractivity contribution < 1.29 is 14.5 Å². The number of amides is 2.